The molecule has 0 aliphatic heterocycles. The zero-order valence-electron chi connectivity index (χ0n) is 14.8. The molecule has 0 saturated heterocycles. The van der Waals surface area contributed by atoms with Gasteiger partial charge in [-0.3, -0.25) is 4.18 Å². The topological polar surface area (TPSA) is 61.8 Å². The monoisotopic (exact) mass is 374 g/mol. The van der Waals surface area contributed by atoms with Crippen molar-refractivity contribution in [1.82, 2.24) is 0 Å². The van der Waals surface area contributed by atoms with Gasteiger partial charge in [-0.15, -0.1) is 0 Å². The van der Waals surface area contributed by atoms with Gasteiger partial charge in [0.05, 0.1) is 12.0 Å². The Morgan fingerprint density at radius 3 is 2.38 bits per heavy atom. The van der Waals surface area contributed by atoms with E-state index in [1.54, 1.807) is 24.3 Å². The summed E-state index contributed by atoms with van der Waals surface area (Å²) >= 11 is 0. The molecular formula is C20H22O5S. The Kier molecular flexibility index (Phi) is 6.60. The second kappa shape index (κ2) is 8.69. The Hall–Kier alpha value is -2.57. The summed E-state index contributed by atoms with van der Waals surface area (Å²) in [5.41, 5.74) is 1.68. The van der Waals surface area contributed by atoms with Gasteiger partial charge < -0.3 is 9.47 Å². The lowest BCUT2D eigenvalue weighted by atomic mass is 10.2. The molecule has 138 valence electrons. The molecule has 5 nitrogen and oxygen atoms in total. The fourth-order valence-electron chi connectivity index (χ4n) is 2.21. The summed E-state index contributed by atoms with van der Waals surface area (Å²) in [5, 5.41) is 0. The number of hydrogen-bond acceptors (Lipinski definition) is 5. The predicted molar refractivity (Wildman–Crippen MR) is 102 cm³/mol. The minimum atomic E-state index is -3.89. The molecule has 0 aliphatic rings. The normalized spacial score (nSPS) is 12.2. The van der Waals surface area contributed by atoms with Crippen LogP contribution >= 0.6 is 0 Å². The lowest BCUT2D eigenvalue weighted by Gasteiger charge is -2.19. The largest absolute Gasteiger partial charge is 0.493 e. The zero-order valence-corrected chi connectivity index (χ0v) is 15.7. The average Bonchev–Trinajstić information content (AvgIpc) is 2.65. The third-order valence-corrected chi connectivity index (χ3v) is 4.97. The van der Waals surface area contributed by atoms with Crippen molar-refractivity contribution in [3.63, 3.8) is 0 Å². The van der Waals surface area contributed by atoms with Gasteiger partial charge in [0.15, 0.2) is 11.5 Å². The lowest BCUT2D eigenvalue weighted by molar-refractivity contribution is 0.163. The van der Waals surface area contributed by atoms with Crippen molar-refractivity contribution in [3.8, 4) is 11.5 Å². The van der Waals surface area contributed by atoms with Crippen molar-refractivity contribution in [2.45, 2.75) is 17.9 Å². The first-order chi connectivity index (χ1) is 12.4. The quantitative estimate of drug-likeness (QED) is 0.491. The van der Waals surface area contributed by atoms with E-state index in [2.05, 4.69) is 13.2 Å². The maximum Gasteiger partial charge on any atom is 0.297 e. The maximum atomic E-state index is 12.3. The van der Waals surface area contributed by atoms with E-state index in [-0.39, 0.29) is 11.5 Å². The third kappa shape index (κ3) is 4.74. The van der Waals surface area contributed by atoms with E-state index in [0.29, 0.717) is 11.5 Å². The molecule has 0 radical (unpaired) electrons. The number of para-hydroxylation sites is 1. The number of methoxy groups -OCH3 is 1. The van der Waals surface area contributed by atoms with Gasteiger partial charge in [0, 0.05) is 5.56 Å². The number of rotatable bonds is 9. The van der Waals surface area contributed by atoms with E-state index in [0.717, 1.165) is 11.1 Å². The number of ether oxygens (including phenoxy) is 2. The maximum absolute atomic E-state index is 12.3. The van der Waals surface area contributed by atoms with Gasteiger partial charge in [0.2, 0.25) is 0 Å². The van der Waals surface area contributed by atoms with Gasteiger partial charge in [0.25, 0.3) is 10.1 Å². The van der Waals surface area contributed by atoms with Crippen molar-refractivity contribution < 1.29 is 22.1 Å². The zero-order chi connectivity index (χ0) is 19.2. The van der Waals surface area contributed by atoms with E-state index in [4.69, 9.17) is 13.7 Å². The molecule has 2 aromatic carbocycles. The average molecular weight is 374 g/mol. The minimum Gasteiger partial charge on any atom is -0.493 e. The Balaban J connectivity index is 2.14. The number of hydrogen-bond donors (Lipinski definition) is 0. The predicted octanol–water partition coefficient (Wildman–Crippen LogP) is 3.99. The molecule has 0 N–H and O–H groups in total. The van der Waals surface area contributed by atoms with Gasteiger partial charge in [-0.25, -0.2) is 0 Å². The Bertz CT molecular complexity index is 870. The summed E-state index contributed by atoms with van der Waals surface area (Å²) in [4.78, 5) is 0.0926. The Morgan fingerprint density at radius 2 is 1.81 bits per heavy atom. The van der Waals surface area contributed by atoms with Crippen molar-refractivity contribution in [1.29, 1.82) is 0 Å². The van der Waals surface area contributed by atoms with E-state index >= 15 is 0 Å². The van der Waals surface area contributed by atoms with Gasteiger partial charge in [-0.2, -0.15) is 8.42 Å². The SMILES string of the molecule is C=Cc1cccc(OC)c1O[C@@H](C=C)COS(=O)(=O)c1ccc(C)cc1. The van der Waals surface area contributed by atoms with Gasteiger partial charge in [0.1, 0.15) is 12.7 Å². The summed E-state index contributed by atoms with van der Waals surface area (Å²) in [5.74, 6) is 0.960. The Morgan fingerprint density at radius 1 is 1.12 bits per heavy atom. The first-order valence-corrected chi connectivity index (χ1v) is 9.37. The molecule has 1 atom stereocenters. The van der Waals surface area contributed by atoms with Crippen LogP contribution in [0.25, 0.3) is 6.08 Å². The molecule has 0 aromatic heterocycles. The van der Waals surface area contributed by atoms with Crippen LogP contribution in [0, 0.1) is 6.92 Å². The molecule has 0 spiro atoms. The molecule has 0 bridgehead atoms. The summed E-state index contributed by atoms with van der Waals surface area (Å²) < 4.78 is 40.9. The fraction of sp³-hybridized carbons (Fsp3) is 0.200. The molecule has 0 aliphatic carbocycles. The van der Waals surface area contributed by atoms with Crippen LogP contribution in [0.15, 0.2) is 66.6 Å². The molecule has 0 unspecified atom stereocenters. The van der Waals surface area contributed by atoms with E-state index in [1.807, 2.05) is 19.1 Å². The first-order valence-electron chi connectivity index (χ1n) is 7.96. The second-order valence-corrected chi connectivity index (χ2v) is 7.14. The molecule has 0 fully saturated rings. The van der Waals surface area contributed by atoms with Crippen molar-refractivity contribution in [2.75, 3.05) is 13.7 Å². The second-order valence-electron chi connectivity index (χ2n) is 5.53. The van der Waals surface area contributed by atoms with Crippen LogP contribution in [0.4, 0.5) is 0 Å². The first kappa shape index (κ1) is 19.8. The summed E-state index contributed by atoms with van der Waals surface area (Å²) in [6.45, 7) is 9.09. The third-order valence-electron chi connectivity index (χ3n) is 3.68. The molecule has 2 rings (SSSR count). The molecule has 0 heterocycles. The van der Waals surface area contributed by atoms with Crippen LogP contribution < -0.4 is 9.47 Å². The molecule has 26 heavy (non-hydrogen) atoms. The highest BCUT2D eigenvalue weighted by Gasteiger charge is 2.20. The van der Waals surface area contributed by atoms with E-state index in [9.17, 15) is 8.42 Å². The van der Waals surface area contributed by atoms with E-state index < -0.39 is 16.2 Å². The number of benzene rings is 2. The van der Waals surface area contributed by atoms with Crippen LogP contribution in [0.5, 0.6) is 11.5 Å². The standard InChI is InChI=1S/C20H22O5S/c1-5-16-8-7-9-19(23-4)20(16)25-17(6-2)14-24-26(21,22)18-12-10-15(3)11-13-18/h5-13,17H,1-2,14H2,3-4H3/t17-/m0/s1. The van der Waals surface area contributed by atoms with Crippen molar-refractivity contribution >= 4 is 16.2 Å². The Labute approximate surface area is 154 Å². The smallest absolute Gasteiger partial charge is 0.297 e. The summed E-state index contributed by atoms with van der Waals surface area (Å²) in [7, 11) is -2.36. The van der Waals surface area contributed by atoms with Crippen LogP contribution in [0.3, 0.4) is 0 Å². The van der Waals surface area contributed by atoms with Gasteiger partial charge >= 0.3 is 0 Å². The summed E-state index contributed by atoms with van der Waals surface area (Å²) in [6, 6.07) is 11.8. The van der Waals surface area contributed by atoms with Gasteiger partial charge in [-0.1, -0.05) is 49.1 Å². The highest BCUT2D eigenvalue weighted by Crippen LogP contribution is 2.33. The minimum absolute atomic E-state index is 0.0926. The fourth-order valence-corrected chi connectivity index (χ4v) is 3.13. The molecular weight excluding hydrogens is 352 g/mol. The lowest BCUT2D eigenvalue weighted by Crippen LogP contribution is -2.23. The van der Waals surface area contributed by atoms with Crippen LogP contribution in [-0.2, 0) is 14.3 Å². The summed E-state index contributed by atoms with van der Waals surface area (Å²) in [6.07, 6.45) is 2.41. The van der Waals surface area contributed by atoms with Gasteiger partial charge in [-0.05, 0) is 31.2 Å². The molecule has 0 saturated carbocycles. The highest BCUT2D eigenvalue weighted by atomic mass is 32.2. The van der Waals surface area contributed by atoms with Crippen molar-refractivity contribution in [2.24, 2.45) is 0 Å². The molecule has 0 amide bonds. The number of aryl methyl sites for hydroxylation is 1. The van der Waals surface area contributed by atoms with Crippen LogP contribution in [0.1, 0.15) is 11.1 Å². The molecule has 2 aromatic rings. The van der Waals surface area contributed by atoms with Crippen LogP contribution in [-0.4, -0.2) is 28.2 Å². The van der Waals surface area contributed by atoms with Crippen LogP contribution in [0.2, 0.25) is 0 Å². The van der Waals surface area contributed by atoms with E-state index in [1.165, 1.54) is 25.3 Å². The van der Waals surface area contributed by atoms with Crippen molar-refractivity contribution in [3.05, 3.63) is 72.8 Å². The highest BCUT2D eigenvalue weighted by molar-refractivity contribution is 7.86. The molecule has 6 heteroatoms.